The van der Waals surface area contributed by atoms with Crippen LogP contribution in [0.4, 0.5) is 18.0 Å². The molecule has 4 N–H and O–H groups in total. The molecule has 318 valence electrons. The Morgan fingerprint density at radius 1 is 1.07 bits per heavy atom. The third-order valence-corrected chi connectivity index (χ3v) is 13.3. The van der Waals surface area contributed by atoms with Gasteiger partial charge in [0.25, 0.3) is 5.91 Å². The van der Waals surface area contributed by atoms with Gasteiger partial charge in [-0.1, -0.05) is 51.1 Å². The molecule has 58 heavy (non-hydrogen) atoms. The van der Waals surface area contributed by atoms with E-state index in [9.17, 15) is 40.8 Å². The fourth-order valence-corrected chi connectivity index (χ4v) is 9.11. The quantitative estimate of drug-likeness (QED) is 0.243. The fraction of sp³-hybridized carbons (Fsp3) is 0.625. The van der Waals surface area contributed by atoms with Gasteiger partial charge >= 0.3 is 12.2 Å². The van der Waals surface area contributed by atoms with Crippen molar-refractivity contribution in [3.8, 4) is 11.6 Å². The number of benzene rings is 1. The standard InChI is InChI=1S/C40H53F3N6O8S/c1-6-17-56-31-21-44-34(29-14-10-9-13-28(29)31)57-26-19-30-33(50)46-39(36(52)48-58(54,55)27-15-16-27)20-25(39)12-8-7-11-23(2)18-24(3)32(35(51)49(30)22-26)45-37(53)47-38(4,5)40(41,42)43/h8-10,12-14,21,23-27,30,32H,6-7,11,15-20,22H2,1-5H3,(H,46,50)(H,48,52)(H2,45,47,53)/b12-8-/t23-,24-,25-,26-,30+,32+,39-/m1/s1. The number of alkyl halides is 3. The minimum Gasteiger partial charge on any atom is -0.491 e. The van der Waals surface area contributed by atoms with Crippen molar-refractivity contribution in [1.29, 1.82) is 0 Å². The molecule has 0 bridgehead atoms. The summed E-state index contributed by atoms with van der Waals surface area (Å²) in [6.07, 6.45) is 2.78. The average Bonchev–Trinajstić information content (AvgIpc) is 4.08. The van der Waals surface area contributed by atoms with E-state index >= 15 is 0 Å². The van der Waals surface area contributed by atoms with E-state index in [-0.39, 0.29) is 31.2 Å². The van der Waals surface area contributed by atoms with Gasteiger partial charge < -0.3 is 30.3 Å². The molecule has 14 nitrogen and oxygen atoms in total. The highest BCUT2D eigenvalue weighted by molar-refractivity contribution is 7.91. The zero-order valence-electron chi connectivity index (χ0n) is 33.4. The number of sulfonamides is 1. The third kappa shape index (κ3) is 9.31. The monoisotopic (exact) mass is 834 g/mol. The average molecular weight is 835 g/mol. The lowest BCUT2D eigenvalue weighted by atomic mass is 9.88. The molecule has 2 saturated carbocycles. The number of hydrogen-bond acceptors (Lipinski definition) is 9. The molecule has 2 aromatic rings. The Hall–Kier alpha value is -4.61. The molecule has 4 aliphatic rings. The lowest BCUT2D eigenvalue weighted by Gasteiger charge is -2.34. The SMILES string of the molecule is CCCOc1cnc(O[C@@H]2C[C@H]3C(=O)N[C@]4(C(=O)NS(=O)(=O)C5CC5)C[C@H]4/C=C\CC[C@@H](C)C[C@@H](C)[C@H](NC(=O)NC(C)(C)C(F)(F)F)C(=O)N3C2)c2ccccc12. The van der Waals surface area contributed by atoms with Gasteiger partial charge in [-0.05, 0) is 76.7 Å². The maximum atomic E-state index is 14.8. The summed E-state index contributed by atoms with van der Waals surface area (Å²) < 4.78 is 81.7. The summed E-state index contributed by atoms with van der Waals surface area (Å²) in [5.41, 5.74) is -4.25. The van der Waals surface area contributed by atoms with Crippen molar-refractivity contribution in [2.45, 2.75) is 127 Å². The van der Waals surface area contributed by atoms with E-state index in [4.69, 9.17) is 9.47 Å². The van der Waals surface area contributed by atoms with Gasteiger partial charge in [0.05, 0.1) is 24.6 Å². The van der Waals surface area contributed by atoms with E-state index in [0.29, 0.717) is 49.8 Å². The summed E-state index contributed by atoms with van der Waals surface area (Å²) in [4.78, 5) is 62.0. The highest BCUT2D eigenvalue weighted by Gasteiger charge is 2.62. The first kappa shape index (κ1) is 43.0. The molecule has 0 radical (unpaired) electrons. The van der Waals surface area contributed by atoms with Crippen LogP contribution in [0.2, 0.25) is 0 Å². The highest BCUT2D eigenvalue weighted by Crippen LogP contribution is 2.46. The number of carbonyl (C=O) groups is 4. The number of aromatic nitrogens is 1. The topological polar surface area (TPSA) is 185 Å². The van der Waals surface area contributed by atoms with Crippen LogP contribution < -0.4 is 30.1 Å². The van der Waals surface area contributed by atoms with Crippen LogP contribution in [0.1, 0.15) is 86.0 Å². The van der Waals surface area contributed by atoms with E-state index in [1.54, 1.807) is 25.1 Å². The highest BCUT2D eigenvalue weighted by atomic mass is 32.2. The fourth-order valence-electron chi connectivity index (χ4n) is 7.75. The number of carbonyl (C=O) groups excluding carboxylic acids is 4. The van der Waals surface area contributed by atoms with Gasteiger partial charge in [0.15, 0.2) is 0 Å². The number of fused-ring (bicyclic) bond motifs is 3. The number of pyridine rings is 1. The Morgan fingerprint density at radius 2 is 1.78 bits per heavy atom. The number of nitrogens with zero attached hydrogens (tertiary/aromatic N) is 2. The first-order valence-corrected chi connectivity index (χ1v) is 21.5. The number of allylic oxidation sites excluding steroid dienone is 1. The molecule has 3 fully saturated rings. The molecule has 2 aliphatic carbocycles. The predicted octanol–water partition coefficient (Wildman–Crippen LogP) is 4.88. The molecule has 0 spiro atoms. The van der Waals surface area contributed by atoms with Crippen molar-refractivity contribution in [3.05, 3.63) is 42.6 Å². The normalized spacial score (nSPS) is 28.9. The molecule has 1 saturated heterocycles. The summed E-state index contributed by atoms with van der Waals surface area (Å²) in [6.45, 7) is 7.54. The van der Waals surface area contributed by atoms with Crippen LogP contribution >= 0.6 is 0 Å². The molecule has 18 heteroatoms. The summed E-state index contributed by atoms with van der Waals surface area (Å²) >= 11 is 0. The Kier molecular flexibility index (Phi) is 12.3. The van der Waals surface area contributed by atoms with Crippen LogP contribution in [0, 0.1) is 17.8 Å². The van der Waals surface area contributed by atoms with Gasteiger partial charge in [-0.3, -0.25) is 19.1 Å². The van der Waals surface area contributed by atoms with Crippen molar-refractivity contribution < 1.29 is 50.2 Å². The van der Waals surface area contributed by atoms with Gasteiger partial charge in [0, 0.05) is 23.1 Å². The maximum Gasteiger partial charge on any atom is 0.411 e. The minimum absolute atomic E-state index is 0.0126. The number of hydrogen-bond donors (Lipinski definition) is 4. The first-order valence-electron chi connectivity index (χ1n) is 19.9. The summed E-state index contributed by atoms with van der Waals surface area (Å²) in [5.74, 6) is -2.75. The second-order valence-electron chi connectivity index (χ2n) is 16.8. The van der Waals surface area contributed by atoms with Crippen LogP contribution in [0.25, 0.3) is 10.8 Å². The maximum absolute atomic E-state index is 14.8. The van der Waals surface area contributed by atoms with Crippen molar-refractivity contribution in [2.75, 3.05) is 13.2 Å². The van der Waals surface area contributed by atoms with Gasteiger partial charge in [0.1, 0.15) is 35.0 Å². The lowest BCUT2D eigenvalue weighted by molar-refractivity contribution is -0.182. The van der Waals surface area contributed by atoms with Crippen molar-refractivity contribution >= 4 is 44.5 Å². The van der Waals surface area contributed by atoms with E-state index < -0.39 is 86.3 Å². The van der Waals surface area contributed by atoms with Crippen LogP contribution in [-0.2, 0) is 24.4 Å². The number of ether oxygens (including phenoxy) is 2. The molecule has 0 unspecified atom stereocenters. The van der Waals surface area contributed by atoms with Crippen molar-refractivity contribution in [2.24, 2.45) is 17.8 Å². The largest absolute Gasteiger partial charge is 0.491 e. The Morgan fingerprint density at radius 3 is 2.45 bits per heavy atom. The Bertz CT molecular complexity index is 2040. The van der Waals surface area contributed by atoms with Crippen molar-refractivity contribution in [1.82, 2.24) is 30.6 Å². The summed E-state index contributed by atoms with van der Waals surface area (Å²) in [5, 5.41) is 7.89. The second-order valence-corrected chi connectivity index (χ2v) is 18.7. The second kappa shape index (κ2) is 16.6. The van der Waals surface area contributed by atoms with Crippen LogP contribution in [0.5, 0.6) is 11.6 Å². The van der Waals surface area contributed by atoms with E-state index in [2.05, 4.69) is 20.3 Å². The summed E-state index contributed by atoms with van der Waals surface area (Å²) in [7, 11) is -3.97. The molecule has 1 aromatic carbocycles. The van der Waals surface area contributed by atoms with Crippen molar-refractivity contribution in [3.63, 3.8) is 0 Å². The number of rotatable bonds is 10. The summed E-state index contributed by atoms with van der Waals surface area (Å²) in [6, 6.07) is 3.40. The Balaban J connectivity index is 1.35. The van der Waals surface area contributed by atoms with E-state index in [1.807, 2.05) is 37.4 Å². The van der Waals surface area contributed by atoms with E-state index in [0.717, 1.165) is 25.7 Å². The minimum atomic E-state index is -4.80. The molecule has 3 heterocycles. The van der Waals surface area contributed by atoms with Gasteiger partial charge in [0.2, 0.25) is 27.7 Å². The van der Waals surface area contributed by atoms with Crippen LogP contribution in [0.3, 0.4) is 0 Å². The number of urea groups is 1. The molecule has 5 amide bonds. The molecular formula is C40H53F3N6O8S. The lowest BCUT2D eigenvalue weighted by Crippen LogP contribution is -2.62. The molecule has 7 atom stereocenters. The third-order valence-electron chi connectivity index (χ3n) is 11.5. The van der Waals surface area contributed by atoms with E-state index in [1.165, 1.54) is 11.1 Å². The van der Waals surface area contributed by atoms with Gasteiger partial charge in [-0.2, -0.15) is 13.2 Å². The zero-order chi connectivity index (χ0) is 42.2. The number of nitrogens with one attached hydrogen (secondary N) is 4. The number of amides is 5. The number of halogens is 3. The van der Waals surface area contributed by atoms with Crippen LogP contribution in [0.15, 0.2) is 42.6 Å². The zero-order valence-corrected chi connectivity index (χ0v) is 34.2. The molecule has 1 aromatic heterocycles. The van der Waals surface area contributed by atoms with Crippen LogP contribution in [-0.4, -0.2) is 95.9 Å². The predicted molar refractivity (Wildman–Crippen MR) is 208 cm³/mol. The molecule has 6 rings (SSSR count). The first-order chi connectivity index (χ1) is 27.3. The van der Waals surface area contributed by atoms with Gasteiger partial charge in [-0.15, -0.1) is 0 Å². The smallest absolute Gasteiger partial charge is 0.411 e. The Labute approximate surface area is 336 Å². The molecule has 2 aliphatic heterocycles. The molecular weight excluding hydrogens is 782 g/mol. The van der Waals surface area contributed by atoms with Gasteiger partial charge in [-0.25, -0.2) is 18.2 Å².